The summed E-state index contributed by atoms with van der Waals surface area (Å²) in [6, 6.07) is 3.40. The summed E-state index contributed by atoms with van der Waals surface area (Å²) in [5, 5.41) is 7.43. The van der Waals surface area contributed by atoms with Gasteiger partial charge >= 0.3 is 5.76 Å². The average molecular weight is 259 g/mol. The van der Waals surface area contributed by atoms with Crippen LogP contribution in [0, 0.1) is 6.92 Å². The van der Waals surface area contributed by atoms with Crippen LogP contribution in [0.3, 0.4) is 0 Å². The van der Waals surface area contributed by atoms with Gasteiger partial charge in [-0.25, -0.2) is 19.3 Å². The Morgan fingerprint density at radius 3 is 2.68 bits per heavy atom. The molecule has 0 aromatic carbocycles. The van der Waals surface area contributed by atoms with Gasteiger partial charge in [0.15, 0.2) is 11.6 Å². The van der Waals surface area contributed by atoms with E-state index in [2.05, 4.69) is 24.8 Å². The summed E-state index contributed by atoms with van der Waals surface area (Å²) in [4.78, 5) is 19.7. The first-order chi connectivity index (χ1) is 9.24. The fraction of sp³-hybridized carbons (Fsp3) is 0.182. The van der Waals surface area contributed by atoms with Gasteiger partial charge < -0.3 is 4.52 Å². The molecule has 8 nitrogen and oxygen atoms in total. The molecule has 0 spiro atoms. The van der Waals surface area contributed by atoms with Gasteiger partial charge in [-0.15, -0.1) is 0 Å². The van der Waals surface area contributed by atoms with Gasteiger partial charge in [-0.2, -0.15) is 0 Å². The van der Waals surface area contributed by atoms with E-state index in [9.17, 15) is 4.79 Å². The van der Waals surface area contributed by atoms with E-state index in [-0.39, 0.29) is 12.4 Å². The third-order valence-electron chi connectivity index (χ3n) is 2.44. The van der Waals surface area contributed by atoms with Crippen molar-refractivity contribution in [2.45, 2.75) is 13.5 Å². The molecule has 3 aromatic heterocycles. The maximum atomic E-state index is 11.6. The van der Waals surface area contributed by atoms with Gasteiger partial charge in [-0.3, -0.25) is 4.52 Å². The van der Waals surface area contributed by atoms with Crippen molar-refractivity contribution in [2.75, 3.05) is 0 Å². The van der Waals surface area contributed by atoms with Crippen LogP contribution >= 0.6 is 0 Å². The second-order valence-corrected chi connectivity index (χ2v) is 3.87. The fourth-order valence-corrected chi connectivity index (χ4v) is 1.63. The average Bonchev–Trinajstić information content (AvgIpc) is 2.99. The molecule has 0 unspecified atom stereocenters. The highest BCUT2D eigenvalue weighted by molar-refractivity contribution is 5.41. The van der Waals surface area contributed by atoms with Gasteiger partial charge in [0, 0.05) is 18.5 Å². The Morgan fingerprint density at radius 1 is 1.21 bits per heavy atom. The third-order valence-corrected chi connectivity index (χ3v) is 2.44. The summed E-state index contributed by atoms with van der Waals surface area (Å²) >= 11 is 0. The van der Waals surface area contributed by atoms with E-state index in [1.165, 1.54) is 4.57 Å². The standard InChI is InChI=1S/C11H9N5O3/c1-7-5-8(18-14-7)6-16-10(15-19-11(16)17)9-12-3-2-4-13-9/h2-5H,6H2,1H3. The quantitative estimate of drug-likeness (QED) is 0.680. The molecule has 0 N–H and O–H groups in total. The Balaban J connectivity index is 2.02. The molecule has 8 heteroatoms. The second kappa shape index (κ2) is 4.48. The van der Waals surface area contributed by atoms with E-state index in [1.807, 2.05) is 0 Å². The monoisotopic (exact) mass is 259 g/mol. The summed E-state index contributed by atoms with van der Waals surface area (Å²) in [5.74, 6) is 0.487. The zero-order valence-corrected chi connectivity index (χ0v) is 9.98. The van der Waals surface area contributed by atoms with Crippen LogP contribution in [0.2, 0.25) is 0 Å². The zero-order chi connectivity index (χ0) is 13.2. The first kappa shape index (κ1) is 11.3. The lowest BCUT2D eigenvalue weighted by atomic mass is 10.4. The highest BCUT2D eigenvalue weighted by atomic mass is 16.5. The summed E-state index contributed by atoms with van der Waals surface area (Å²) in [5.41, 5.74) is 0.733. The Bertz CT molecular complexity index is 743. The van der Waals surface area contributed by atoms with E-state index in [0.717, 1.165) is 5.69 Å². The van der Waals surface area contributed by atoms with Crippen molar-refractivity contribution in [3.8, 4) is 11.6 Å². The maximum Gasteiger partial charge on any atom is 0.442 e. The van der Waals surface area contributed by atoms with E-state index >= 15 is 0 Å². The molecular formula is C11H9N5O3. The van der Waals surface area contributed by atoms with Crippen molar-refractivity contribution in [3.63, 3.8) is 0 Å². The Kier molecular flexibility index (Phi) is 2.67. The SMILES string of the molecule is Cc1cc(Cn2c(-c3ncccn3)noc2=O)on1. The number of hydrogen-bond donors (Lipinski definition) is 0. The van der Waals surface area contributed by atoms with Gasteiger partial charge in [-0.05, 0) is 13.0 Å². The number of hydrogen-bond acceptors (Lipinski definition) is 7. The first-order valence-corrected chi connectivity index (χ1v) is 5.50. The summed E-state index contributed by atoms with van der Waals surface area (Å²) in [6.07, 6.45) is 3.12. The van der Waals surface area contributed by atoms with E-state index in [4.69, 9.17) is 4.52 Å². The summed E-state index contributed by atoms with van der Waals surface area (Å²) in [7, 11) is 0. The van der Waals surface area contributed by atoms with Crippen molar-refractivity contribution < 1.29 is 9.05 Å². The molecule has 0 atom stereocenters. The van der Waals surface area contributed by atoms with Crippen molar-refractivity contribution in [3.05, 3.63) is 46.5 Å². The molecule has 0 saturated heterocycles. The number of aryl methyl sites for hydroxylation is 1. The molecule has 0 fully saturated rings. The Morgan fingerprint density at radius 2 is 2.00 bits per heavy atom. The Hall–Kier alpha value is -2.77. The lowest BCUT2D eigenvalue weighted by Crippen LogP contribution is -2.16. The van der Waals surface area contributed by atoms with Crippen LogP contribution in [-0.2, 0) is 6.54 Å². The van der Waals surface area contributed by atoms with Gasteiger partial charge in [0.05, 0.1) is 12.2 Å². The molecule has 96 valence electrons. The molecule has 0 aliphatic carbocycles. The lowest BCUT2D eigenvalue weighted by molar-refractivity contribution is 0.356. The van der Waals surface area contributed by atoms with Crippen LogP contribution in [0.15, 0.2) is 38.4 Å². The molecular weight excluding hydrogens is 250 g/mol. The molecule has 0 saturated carbocycles. The van der Waals surface area contributed by atoms with Gasteiger partial charge in [0.1, 0.15) is 0 Å². The van der Waals surface area contributed by atoms with Crippen LogP contribution < -0.4 is 5.76 Å². The van der Waals surface area contributed by atoms with Gasteiger partial charge in [-0.1, -0.05) is 10.3 Å². The predicted octanol–water partition coefficient (Wildman–Crippen LogP) is 0.638. The van der Waals surface area contributed by atoms with Crippen molar-refractivity contribution in [1.82, 2.24) is 24.8 Å². The van der Waals surface area contributed by atoms with Gasteiger partial charge in [0.2, 0.25) is 5.82 Å². The van der Waals surface area contributed by atoms with Gasteiger partial charge in [0.25, 0.3) is 0 Å². The summed E-state index contributed by atoms with van der Waals surface area (Å²) < 4.78 is 11.0. The predicted molar refractivity (Wildman–Crippen MR) is 62.1 cm³/mol. The van der Waals surface area contributed by atoms with Crippen LogP contribution in [0.25, 0.3) is 11.6 Å². The Labute approximate surface area is 106 Å². The molecule has 0 amide bonds. The van der Waals surface area contributed by atoms with Crippen LogP contribution in [0.1, 0.15) is 11.5 Å². The van der Waals surface area contributed by atoms with Crippen LogP contribution in [0.4, 0.5) is 0 Å². The van der Waals surface area contributed by atoms with Crippen LogP contribution in [-0.4, -0.2) is 24.8 Å². The third kappa shape index (κ3) is 2.15. The number of rotatable bonds is 3. The molecule has 3 rings (SSSR count). The maximum absolute atomic E-state index is 11.6. The smallest absolute Gasteiger partial charge is 0.359 e. The van der Waals surface area contributed by atoms with E-state index in [0.29, 0.717) is 11.6 Å². The lowest BCUT2D eigenvalue weighted by Gasteiger charge is -1.99. The van der Waals surface area contributed by atoms with E-state index < -0.39 is 5.76 Å². The minimum atomic E-state index is -0.600. The number of nitrogens with zero attached hydrogens (tertiary/aromatic N) is 5. The molecule has 0 bridgehead atoms. The first-order valence-electron chi connectivity index (χ1n) is 5.50. The summed E-state index contributed by atoms with van der Waals surface area (Å²) in [6.45, 7) is 1.96. The molecule has 0 radical (unpaired) electrons. The normalized spacial score (nSPS) is 10.8. The molecule has 3 aromatic rings. The van der Waals surface area contributed by atoms with Crippen molar-refractivity contribution in [1.29, 1.82) is 0 Å². The zero-order valence-electron chi connectivity index (χ0n) is 9.98. The fourth-order valence-electron chi connectivity index (χ4n) is 1.63. The minimum absolute atomic E-state index is 0.163. The highest BCUT2D eigenvalue weighted by Crippen LogP contribution is 2.11. The highest BCUT2D eigenvalue weighted by Gasteiger charge is 2.16. The topological polar surface area (TPSA) is 99.8 Å². The van der Waals surface area contributed by atoms with Crippen molar-refractivity contribution in [2.24, 2.45) is 0 Å². The minimum Gasteiger partial charge on any atom is -0.359 e. The molecule has 19 heavy (non-hydrogen) atoms. The number of aromatic nitrogens is 5. The van der Waals surface area contributed by atoms with Crippen molar-refractivity contribution >= 4 is 0 Å². The molecule has 3 heterocycles. The van der Waals surface area contributed by atoms with Crippen LogP contribution in [0.5, 0.6) is 0 Å². The molecule has 0 aliphatic rings. The second-order valence-electron chi connectivity index (χ2n) is 3.87. The molecule has 0 aliphatic heterocycles. The largest absolute Gasteiger partial charge is 0.442 e. The van der Waals surface area contributed by atoms with E-state index in [1.54, 1.807) is 31.5 Å².